The van der Waals surface area contributed by atoms with E-state index in [9.17, 15) is 0 Å². The van der Waals surface area contributed by atoms with Gasteiger partial charge in [0.05, 0.1) is 12.7 Å². The van der Waals surface area contributed by atoms with Gasteiger partial charge in [-0.25, -0.2) is 4.98 Å². The smallest absolute Gasteiger partial charge is 0.214 e. The van der Waals surface area contributed by atoms with Gasteiger partial charge in [-0.15, -0.1) is 24.8 Å². The van der Waals surface area contributed by atoms with E-state index < -0.39 is 0 Å². The zero-order chi connectivity index (χ0) is 16.5. The Balaban J connectivity index is 0.00000121. The van der Waals surface area contributed by atoms with Crippen LogP contribution in [0.25, 0.3) is 11.3 Å². The maximum Gasteiger partial charge on any atom is 0.214 e. The summed E-state index contributed by atoms with van der Waals surface area (Å²) >= 11 is 0. The molecular weight excluding hydrogens is 369 g/mol. The van der Waals surface area contributed by atoms with Crippen molar-refractivity contribution >= 4 is 36.2 Å². The van der Waals surface area contributed by atoms with Crippen molar-refractivity contribution in [2.75, 3.05) is 17.2 Å². The van der Waals surface area contributed by atoms with Crippen molar-refractivity contribution in [1.29, 1.82) is 0 Å². The first-order chi connectivity index (χ1) is 11.7. The fourth-order valence-corrected chi connectivity index (χ4v) is 3.29. The number of benzene rings is 2. The first kappa shape index (κ1) is 20.1. The summed E-state index contributed by atoms with van der Waals surface area (Å²) in [4.78, 5) is 6.77. The normalized spacial score (nSPS) is 12.7. The van der Waals surface area contributed by atoms with Gasteiger partial charge in [-0.2, -0.15) is 0 Å². The van der Waals surface area contributed by atoms with E-state index in [4.69, 9.17) is 10.2 Å². The van der Waals surface area contributed by atoms with Crippen LogP contribution in [0.5, 0.6) is 0 Å². The van der Waals surface area contributed by atoms with Crippen molar-refractivity contribution in [3.8, 4) is 11.3 Å². The molecule has 0 fully saturated rings. The summed E-state index contributed by atoms with van der Waals surface area (Å²) in [6, 6.07) is 14.4. The van der Waals surface area contributed by atoms with Gasteiger partial charge < -0.3 is 15.1 Å². The standard InChI is InChI=1S/C20H21N3O.2ClH/c1-14-7-9-15(10-8-14)19-12-22-20(24-19)13-23-11-3-4-16-17(21)5-2-6-18(16)23;;/h2,5-10,12H,3-4,11,13,21H2,1H3;2*1H. The molecule has 0 spiro atoms. The largest absolute Gasteiger partial charge is 0.439 e. The van der Waals surface area contributed by atoms with Crippen LogP contribution in [0.2, 0.25) is 0 Å². The molecule has 4 rings (SSSR count). The molecule has 0 aliphatic carbocycles. The van der Waals surface area contributed by atoms with Gasteiger partial charge in [0.1, 0.15) is 0 Å². The Bertz CT molecular complexity index is 862. The molecule has 0 atom stereocenters. The molecule has 1 aliphatic heterocycles. The third-order valence-corrected chi connectivity index (χ3v) is 4.60. The van der Waals surface area contributed by atoms with Crippen LogP contribution in [0.15, 0.2) is 53.1 Å². The van der Waals surface area contributed by atoms with Crippen LogP contribution >= 0.6 is 24.8 Å². The van der Waals surface area contributed by atoms with Gasteiger partial charge in [-0.05, 0) is 37.5 Å². The summed E-state index contributed by atoms with van der Waals surface area (Å²) in [5.41, 5.74) is 11.7. The summed E-state index contributed by atoms with van der Waals surface area (Å²) in [5.74, 6) is 1.55. The molecule has 6 heteroatoms. The number of nitrogens with zero attached hydrogens (tertiary/aromatic N) is 2. The van der Waals surface area contributed by atoms with E-state index in [1.165, 1.54) is 16.8 Å². The lowest BCUT2D eigenvalue weighted by atomic mass is 10.00. The minimum absolute atomic E-state index is 0. The van der Waals surface area contributed by atoms with Gasteiger partial charge in [0, 0.05) is 23.5 Å². The fourth-order valence-electron chi connectivity index (χ4n) is 3.29. The number of hydrogen-bond acceptors (Lipinski definition) is 4. The van der Waals surface area contributed by atoms with Gasteiger partial charge in [0.25, 0.3) is 0 Å². The van der Waals surface area contributed by atoms with Crippen molar-refractivity contribution in [2.24, 2.45) is 0 Å². The Morgan fingerprint density at radius 1 is 1.12 bits per heavy atom. The molecule has 1 aliphatic rings. The van der Waals surface area contributed by atoms with Crippen LogP contribution in [0.3, 0.4) is 0 Å². The molecule has 2 aromatic carbocycles. The molecule has 2 N–H and O–H groups in total. The highest BCUT2D eigenvalue weighted by atomic mass is 35.5. The lowest BCUT2D eigenvalue weighted by Crippen LogP contribution is -2.29. The van der Waals surface area contributed by atoms with E-state index >= 15 is 0 Å². The molecule has 0 bridgehead atoms. The molecule has 0 amide bonds. The van der Waals surface area contributed by atoms with Gasteiger partial charge in [0.2, 0.25) is 5.89 Å². The van der Waals surface area contributed by atoms with Crippen molar-refractivity contribution in [1.82, 2.24) is 4.98 Å². The van der Waals surface area contributed by atoms with Crippen LogP contribution in [-0.4, -0.2) is 11.5 Å². The van der Waals surface area contributed by atoms with Gasteiger partial charge >= 0.3 is 0 Å². The Morgan fingerprint density at radius 3 is 2.65 bits per heavy atom. The Kier molecular flexibility index (Phi) is 6.57. The van der Waals surface area contributed by atoms with Crippen molar-refractivity contribution in [3.63, 3.8) is 0 Å². The van der Waals surface area contributed by atoms with Gasteiger partial charge in [-0.1, -0.05) is 35.9 Å². The second-order valence-electron chi connectivity index (χ2n) is 6.35. The number of rotatable bonds is 3. The van der Waals surface area contributed by atoms with Crippen molar-refractivity contribution < 1.29 is 4.42 Å². The van der Waals surface area contributed by atoms with E-state index in [0.29, 0.717) is 6.54 Å². The molecule has 26 heavy (non-hydrogen) atoms. The number of hydrogen-bond donors (Lipinski definition) is 1. The molecule has 138 valence electrons. The predicted molar refractivity (Wildman–Crippen MR) is 111 cm³/mol. The second-order valence-corrected chi connectivity index (χ2v) is 6.35. The number of oxazole rings is 1. The average Bonchev–Trinajstić information content (AvgIpc) is 3.05. The van der Waals surface area contributed by atoms with Gasteiger partial charge in [-0.3, -0.25) is 0 Å². The Labute approximate surface area is 166 Å². The number of nitrogens with two attached hydrogens (primary N) is 1. The summed E-state index contributed by atoms with van der Waals surface area (Å²) in [7, 11) is 0. The van der Waals surface area contributed by atoms with E-state index in [1.807, 2.05) is 18.3 Å². The minimum Gasteiger partial charge on any atom is -0.439 e. The highest BCUT2D eigenvalue weighted by Gasteiger charge is 2.20. The third kappa shape index (κ3) is 3.97. The van der Waals surface area contributed by atoms with Crippen molar-refractivity contribution in [3.05, 3.63) is 65.7 Å². The number of aryl methyl sites for hydroxylation is 1. The third-order valence-electron chi connectivity index (χ3n) is 4.60. The van der Waals surface area contributed by atoms with Gasteiger partial charge in [0.15, 0.2) is 5.76 Å². The summed E-state index contributed by atoms with van der Waals surface area (Å²) in [5, 5.41) is 0. The topological polar surface area (TPSA) is 55.3 Å². The van der Waals surface area contributed by atoms with Crippen LogP contribution in [-0.2, 0) is 13.0 Å². The Hall–Kier alpha value is -2.17. The number of anilines is 2. The number of fused-ring (bicyclic) bond motifs is 1. The van der Waals surface area contributed by atoms with Crippen LogP contribution < -0.4 is 10.6 Å². The quantitative estimate of drug-likeness (QED) is 0.636. The highest BCUT2D eigenvalue weighted by molar-refractivity contribution is 5.85. The highest BCUT2D eigenvalue weighted by Crippen LogP contribution is 2.32. The summed E-state index contributed by atoms with van der Waals surface area (Å²) in [6.07, 6.45) is 3.95. The molecule has 4 nitrogen and oxygen atoms in total. The monoisotopic (exact) mass is 391 g/mol. The molecular formula is C20H23Cl2N3O. The maximum absolute atomic E-state index is 6.12. The van der Waals surface area contributed by atoms with E-state index in [-0.39, 0.29) is 24.8 Å². The van der Waals surface area contributed by atoms with E-state index in [2.05, 4.69) is 47.1 Å². The fraction of sp³-hybridized carbons (Fsp3) is 0.250. The van der Waals surface area contributed by atoms with Crippen LogP contribution in [0.4, 0.5) is 11.4 Å². The minimum atomic E-state index is 0. The van der Waals surface area contributed by atoms with Crippen LogP contribution in [0.1, 0.15) is 23.4 Å². The SMILES string of the molecule is Cc1ccc(-c2cnc(CN3CCCc4c(N)cccc43)o2)cc1.Cl.Cl. The molecule has 2 heterocycles. The lowest BCUT2D eigenvalue weighted by Gasteiger charge is -2.30. The zero-order valence-corrected chi connectivity index (χ0v) is 16.3. The second kappa shape index (κ2) is 8.47. The first-order valence-electron chi connectivity index (χ1n) is 8.35. The van der Waals surface area contributed by atoms with E-state index in [1.54, 1.807) is 0 Å². The molecule has 3 aromatic rings. The lowest BCUT2D eigenvalue weighted by molar-refractivity contribution is 0.493. The number of aromatic nitrogens is 1. The van der Waals surface area contributed by atoms with Crippen LogP contribution in [0, 0.1) is 6.92 Å². The molecule has 0 saturated carbocycles. The Morgan fingerprint density at radius 2 is 1.88 bits per heavy atom. The molecule has 1 aromatic heterocycles. The predicted octanol–water partition coefficient (Wildman–Crippen LogP) is 5.03. The average molecular weight is 392 g/mol. The molecule has 0 radical (unpaired) electrons. The summed E-state index contributed by atoms with van der Waals surface area (Å²) in [6.45, 7) is 3.75. The van der Waals surface area contributed by atoms with E-state index in [0.717, 1.165) is 42.3 Å². The number of nitrogen functional groups attached to an aromatic ring is 1. The maximum atomic E-state index is 6.12. The molecule has 0 unspecified atom stereocenters. The first-order valence-corrected chi connectivity index (χ1v) is 8.35. The zero-order valence-electron chi connectivity index (χ0n) is 14.6. The van der Waals surface area contributed by atoms with Crippen molar-refractivity contribution in [2.45, 2.75) is 26.3 Å². The number of halogens is 2. The molecule has 0 saturated heterocycles. The summed E-state index contributed by atoms with van der Waals surface area (Å²) < 4.78 is 5.97.